The number of amidine groups is 1. The molecule has 0 heterocycles. The predicted molar refractivity (Wildman–Crippen MR) is 72.4 cm³/mol. The van der Waals surface area contributed by atoms with Gasteiger partial charge in [-0.15, -0.1) is 0 Å². The van der Waals surface area contributed by atoms with Crippen molar-refractivity contribution in [1.82, 2.24) is 4.90 Å². The van der Waals surface area contributed by atoms with E-state index >= 15 is 0 Å². The van der Waals surface area contributed by atoms with Crippen LogP contribution in [0.1, 0.15) is 32.6 Å². The molecule has 0 saturated carbocycles. The SMILES string of the molecule is CSCCC(C)N(C)CCCCC(N)=NO. The van der Waals surface area contributed by atoms with Crippen molar-refractivity contribution in [1.29, 1.82) is 0 Å². The van der Waals surface area contributed by atoms with Gasteiger partial charge in [0, 0.05) is 12.5 Å². The Kier molecular flexibility index (Phi) is 9.52. The zero-order chi connectivity index (χ0) is 12.4. The Hall–Kier alpha value is -0.420. The van der Waals surface area contributed by atoms with Crippen LogP contribution in [0, 0.1) is 0 Å². The lowest BCUT2D eigenvalue weighted by atomic mass is 10.2. The fraction of sp³-hybridized carbons (Fsp3) is 0.909. The minimum atomic E-state index is 0.332. The molecule has 0 aliphatic carbocycles. The highest BCUT2D eigenvalue weighted by Gasteiger charge is 2.07. The fourth-order valence-electron chi connectivity index (χ4n) is 1.45. The number of nitrogens with two attached hydrogens (primary N) is 1. The molecule has 96 valence electrons. The molecule has 0 radical (unpaired) electrons. The van der Waals surface area contributed by atoms with Gasteiger partial charge < -0.3 is 15.8 Å². The van der Waals surface area contributed by atoms with E-state index in [-0.39, 0.29) is 0 Å². The predicted octanol–water partition coefficient (Wildman–Crippen LogP) is 1.98. The van der Waals surface area contributed by atoms with Crippen LogP contribution < -0.4 is 5.73 Å². The number of rotatable bonds is 9. The maximum absolute atomic E-state index is 8.38. The molecule has 5 heteroatoms. The van der Waals surface area contributed by atoms with Gasteiger partial charge in [-0.2, -0.15) is 11.8 Å². The normalized spacial score (nSPS) is 14.4. The minimum absolute atomic E-state index is 0.332. The van der Waals surface area contributed by atoms with Crippen molar-refractivity contribution in [3.05, 3.63) is 0 Å². The van der Waals surface area contributed by atoms with Crippen LogP contribution in [0.2, 0.25) is 0 Å². The first-order valence-electron chi connectivity index (χ1n) is 5.77. The number of hydrogen-bond acceptors (Lipinski definition) is 4. The second-order valence-corrected chi connectivity index (χ2v) is 5.15. The summed E-state index contributed by atoms with van der Waals surface area (Å²) < 4.78 is 0. The molecule has 0 rings (SSSR count). The smallest absolute Gasteiger partial charge is 0.139 e. The molecule has 0 aromatic carbocycles. The first-order valence-corrected chi connectivity index (χ1v) is 7.16. The van der Waals surface area contributed by atoms with Crippen molar-refractivity contribution >= 4 is 17.6 Å². The lowest BCUT2D eigenvalue weighted by Crippen LogP contribution is -2.30. The highest BCUT2D eigenvalue weighted by Crippen LogP contribution is 2.07. The number of hydrogen-bond donors (Lipinski definition) is 2. The Labute approximate surface area is 103 Å². The van der Waals surface area contributed by atoms with Crippen LogP contribution in [-0.2, 0) is 0 Å². The molecule has 4 nitrogen and oxygen atoms in total. The van der Waals surface area contributed by atoms with Gasteiger partial charge in [-0.1, -0.05) is 5.16 Å². The summed E-state index contributed by atoms with van der Waals surface area (Å²) in [5.41, 5.74) is 5.40. The summed E-state index contributed by atoms with van der Waals surface area (Å²) in [4.78, 5) is 2.38. The van der Waals surface area contributed by atoms with Crippen LogP contribution in [0.5, 0.6) is 0 Å². The average molecular weight is 247 g/mol. The lowest BCUT2D eigenvalue weighted by Gasteiger charge is -2.24. The van der Waals surface area contributed by atoms with E-state index < -0.39 is 0 Å². The van der Waals surface area contributed by atoms with Gasteiger partial charge in [0.15, 0.2) is 0 Å². The quantitative estimate of drug-likeness (QED) is 0.215. The van der Waals surface area contributed by atoms with Crippen molar-refractivity contribution in [3.8, 4) is 0 Å². The summed E-state index contributed by atoms with van der Waals surface area (Å²) >= 11 is 1.90. The summed E-state index contributed by atoms with van der Waals surface area (Å²) in [6.07, 6.45) is 6.14. The van der Waals surface area contributed by atoms with E-state index in [1.54, 1.807) is 0 Å². The molecule has 0 bridgehead atoms. The van der Waals surface area contributed by atoms with Crippen LogP contribution in [0.3, 0.4) is 0 Å². The van der Waals surface area contributed by atoms with Gasteiger partial charge in [0.25, 0.3) is 0 Å². The van der Waals surface area contributed by atoms with Gasteiger partial charge in [-0.3, -0.25) is 0 Å². The van der Waals surface area contributed by atoms with Crippen molar-refractivity contribution in [2.45, 2.75) is 38.6 Å². The minimum Gasteiger partial charge on any atom is -0.409 e. The van der Waals surface area contributed by atoms with Crippen molar-refractivity contribution < 1.29 is 5.21 Å². The van der Waals surface area contributed by atoms with Crippen LogP contribution in [-0.4, -0.2) is 47.6 Å². The molecule has 3 N–H and O–H groups in total. The van der Waals surface area contributed by atoms with E-state index in [9.17, 15) is 0 Å². The van der Waals surface area contributed by atoms with Gasteiger partial charge in [0.05, 0.1) is 0 Å². The Balaban J connectivity index is 3.52. The van der Waals surface area contributed by atoms with Gasteiger partial charge in [-0.25, -0.2) is 0 Å². The Morgan fingerprint density at radius 2 is 2.19 bits per heavy atom. The highest BCUT2D eigenvalue weighted by molar-refractivity contribution is 7.98. The molecule has 0 fully saturated rings. The van der Waals surface area contributed by atoms with E-state index in [1.807, 2.05) is 11.8 Å². The summed E-state index contributed by atoms with van der Waals surface area (Å²) in [6.45, 7) is 3.34. The van der Waals surface area contributed by atoms with Gasteiger partial charge in [-0.05, 0) is 51.8 Å². The summed E-state index contributed by atoms with van der Waals surface area (Å²) in [5.74, 6) is 1.55. The lowest BCUT2D eigenvalue weighted by molar-refractivity contribution is 0.248. The molecule has 0 aliphatic rings. The highest BCUT2D eigenvalue weighted by atomic mass is 32.2. The Bertz CT molecular complexity index is 200. The topological polar surface area (TPSA) is 61.8 Å². The van der Waals surface area contributed by atoms with E-state index in [0.29, 0.717) is 18.3 Å². The average Bonchev–Trinajstić information content (AvgIpc) is 2.30. The molecule has 0 aromatic rings. The third-order valence-electron chi connectivity index (χ3n) is 2.81. The zero-order valence-corrected chi connectivity index (χ0v) is 11.5. The molecular weight excluding hydrogens is 222 g/mol. The van der Waals surface area contributed by atoms with Gasteiger partial charge in [0.2, 0.25) is 0 Å². The standard InChI is InChI=1S/C11H25N3OS/c1-10(7-9-16-3)14(2)8-5-4-6-11(12)13-15/h10,15H,4-9H2,1-3H3,(H2,12,13). The van der Waals surface area contributed by atoms with Gasteiger partial charge >= 0.3 is 0 Å². The largest absolute Gasteiger partial charge is 0.409 e. The maximum atomic E-state index is 8.38. The van der Waals surface area contributed by atoms with E-state index in [1.165, 1.54) is 12.2 Å². The molecule has 1 unspecified atom stereocenters. The molecule has 16 heavy (non-hydrogen) atoms. The summed E-state index contributed by atoms with van der Waals surface area (Å²) in [6, 6.07) is 0.635. The van der Waals surface area contributed by atoms with Crippen LogP contribution >= 0.6 is 11.8 Å². The molecule has 0 aromatic heterocycles. The third kappa shape index (κ3) is 7.82. The fourth-order valence-corrected chi connectivity index (χ4v) is 2.02. The van der Waals surface area contributed by atoms with E-state index in [0.717, 1.165) is 19.4 Å². The van der Waals surface area contributed by atoms with E-state index in [2.05, 4.69) is 30.3 Å². The van der Waals surface area contributed by atoms with E-state index in [4.69, 9.17) is 10.9 Å². The van der Waals surface area contributed by atoms with Crippen molar-refractivity contribution in [3.63, 3.8) is 0 Å². The first-order chi connectivity index (χ1) is 7.61. The molecule has 0 amide bonds. The van der Waals surface area contributed by atoms with Crippen LogP contribution in [0.4, 0.5) is 0 Å². The summed E-state index contributed by atoms with van der Waals surface area (Å²) in [7, 11) is 2.16. The first kappa shape index (κ1) is 15.6. The molecule has 0 saturated heterocycles. The number of unbranched alkanes of at least 4 members (excludes halogenated alkanes) is 1. The molecule has 1 atom stereocenters. The van der Waals surface area contributed by atoms with Gasteiger partial charge in [0.1, 0.15) is 5.84 Å². The molecule has 0 spiro atoms. The summed E-state index contributed by atoms with van der Waals surface area (Å²) in [5, 5.41) is 11.3. The molecule has 0 aliphatic heterocycles. The van der Waals surface area contributed by atoms with Crippen LogP contribution in [0.25, 0.3) is 0 Å². The second kappa shape index (κ2) is 9.78. The molecular formula is C11H25N3OS. The van der Waals surface area contributed by atoms with Crippen molar-refractivity contribution in [2.75, 3.05) is 25.6 Å². The second-order valence-electron chi connectivity index (χ2n) is 4.16. The Morgan fingerprint density at radius 3 is 2.75 bits per heavy atom. The number of thioether (sulfide) groups is 1. The van der Waals surface area contributed by atoms with Crippen molar-refractivity contribution in [2.24, 2.45) is 10.9 Å². The zero-order valence-electron chi connectivity index (χ0n) is 10.6. The maximum Gasteiger partial charge on any atom is 0.139 e. The van der Waals surface area contributed by atoms with Crippen LogP contribution in [0.15, 0.2) is 5.16 Å². The number of oxime groups is 1. The number of nitrogens with zero attached hydrogens (tertiary/aromatic N) is 2. The Morgan fingerprint density at radius 1 is 1.50 bits per heavy atom. The third-order valence-corrected chi connectivity index (χ3v) is 3.46. The monoisotopic (exact) mass is 247 g/mol.